The predicted molar refractivity (Wildman–Crippen MR) is 111 cm³/mol. The summed E-state index contributed by atoms with van der Waals surface area (Å²) in [5, 5.41) is 10.9. The molecule has 4 rings (SSSR count). The number of aromatic carboxylic acids is 1. The van der Waals surface area contributed by atoms with E-state index in [-0.39, 0.29) is 23.3 Å². The van der Waals surface area contributed by atoms with Crippen LogP contribution in [0.2, 0.25) is 0 Å². The second-order valence-electron chi connectivity index (χ2n) is 8.55. The highest BCUT2D eigenvalue weighted by atomic mass is 16.4. The van der Waals surface area contributed by atoms with Crippen molar-refractivity contribution in [2.24, 2.45) is 17.7 Å². The molecule has 2 aromatic rings. The second-order valence-corrected chi connectivity index (χ2v) is 8.55. The zero-order valence-corrected chi connectivity index (χ0v) is 16.7. The van der Waals surface area contributed by atoms with E-state index in [2.05, 4.69) is 10.4 Å². The van der Waals surface area contributed by atoms with E-state index < -0.39 is 11.4 Å². The third-order valence-corrected chi connectivity index (χ3v) is 7.22. The molecule has 6 nitrogen and oxygen atoms in total. The SMILES string of the molecule is NNC(=O)C1CCCCC1(c1c(C(=O)O)cnc2ccccc12)C1CCCCC1. The molecule has 0 radical (unpaired) electrons. The van der Waals surface area contributed by atoms with Crippen LogP contribution in [0.5, 0.6) is 0 Å². The van der Waals surface area contributed by atoms with Crippen molar-refractivity contribution >= 4 is 22.8 Å². The molecule has 1 aromatic carbocycles. The first kappa shape index (κ1) is 19.8. The Morgan fingerprint density at radius 1 is 1.07 bits per heavy atom. The van der Waals surface area contributed by atoms with Crippen LogP contribution in [0, 0.1) is 11.8 Å². The maximum absolute atomic E-state index is 13.0. The molecule has 2 unspecified atom stereocenters. The van der Waals surface area contributed by atoms with Gasteiger partial charge < -0.3 is 5.11 Å². The van der Waals surface area contributed by atoms with E-state index in [0.29, 0.717) is 0 Å². The maximum Gasteiger partial charge on any atom is 0.337 e. The number of carbonyl (C=O) groups excluding carboxylic acids is 1. The van der Waals surface area contributed by atoms with Gasteiger partial charge in [-0.2, -0.15) is 0 Å². The van der Waals surface area contributed by atoms with Crippen molar-refractivity contribution in [3.05, 3.63) is 41.6 Å². The summed E-state index contributed by atoms with van der Waals surface area (Å²) in [5.74, 6) is 4.40. The molecular weight excluding hydrogens is 366 g/mol. The Morgan fingerprint density at radius 2 is 1.79 bits per heavy atom. The number of hydrogen-bond donors (Lipinski definition) is 3. The molecule has 0 bridgehead atoms. The standard InChI is InChI=1S/C23H29N3O3/c24-26-21(27)18-11-6-7-13-23(18,15-8-2-1-3-9-15)20-16-10-4-5-12-19(16)25-14-17(20)22(28)29/h4-5,10,12,14-15,18H,1-3,6-9,11,13,24H2,(H,26,27)(H,28,29). The number of fused-ring (bicyclic) bond motifs is 1. The van der Waals surface area contributed by atoms with Crippen LogP contribution < -0.4 is 11.3 Å². The Labute approximate surface area is 170 Å². The van der Waals surface area contributed by atoms with Crippen LogP contribution in [-0.2, 0) is 10.2 Å². The molecule has 2 atom stereocenters. The smallest absolute Gasteiger partial charge is 0.337 e. The Hall–Kier alpha value is -2.47. The van der Waals surface area contributed by atoms with Gasteiger partial charge in [-0.1, -0.05) is 50.3 Å². The molecule has 2 fully saturated rings. The lowest BCUT2D eigenvalue weighted by molar-refractivity contribution is -0.130. The average Bonchev–Trinajstić information content (AvgIpc) is 2.78. The van der Waals surface area contributed by atoms with Gasteiger partial charge in [0.1, 0.15) is 0 Å². The minimum Gasteiger partial charge on any atom is -0.478 e. The van der Waals surface area contributed by atoms with Gasteiger partial charge >= 0.3 is 5.97 Å². The van der Waals surface area contributed by atoms with Gasteiger partial charge in [-0.3, -0.25) is 15.2 Å². The van der Waals surface area contributed by atoms with Gasteiger partial charge in [0.05, 0.1) is 11.1 Å². The van der Waals surface area contributed by atoms with Crippen LogP contribution in [0.4, 0.5) is 0 Å². The lowest BCUT2D eigenvalue weighted by atomic mass is 9.52. The first-order chi connectivity index (χ1) is 14.1. The molecule has 1 amide bonds. The number of para-hydroxylation sites is 1. The van der Waals surface area contributed by atoms with E-state index >= 15 is 0 Å². The second kappa shape index (κ2) is 8.11. The number of carboxylic acid groups (broad SMARTS) is 1. The quantitative estimate of drug-likeness (QED) is 0.413. The van der Waals surface area contributed by atoms with Gasteiger partial charge in [0.25, 0.3) is 0 Å². The van der Waals surface area contributed by atoms with Gasteiger partial charge in [-0.15, -0.1) is 0 Å². The van der Waals surface area contributed by atoms with E-state index in [1.165, 1.54) is 12.6 Å². The monoisotopic (exact) mass is 395 g/mol. The molecule has 1 heterocycles. The molecule has 0 spiro atoms. The zero-order chi connectivity index (χ0) is 20.4. The van der Waals surface area contributed by atoms with Crippen LogP contribution in [0.1, 0.15) is 73.7 Å². The molecule has 1 aromatic heterocycles. The van der Waals surface area contributed by atoms with Crippen molar-refractivity contribution in [2.45, 2.75) is 63.2 Å². The highest BCUT2D eigenvalue weighted by Gasteiger charge is 2.52. The highest BCUT2D eigenvalue weighted by Crippen LogP contribution is 2.55. The van der Waals surface area contributed by atoms with Crippen LogP contribution in [0.15, 0.2) is 30.5 Å². The van der Waals surface area contributed by atoms with Gasteiger partial charge in [0.15, 0.2) is 0 Å². The number of rotatable bonds is 4. The third-order valence-electron chi connectivity index (χ3n) is 7.22. The summed E-state index contributed by atoms with van der Waals surface area (Å²) in [4.78, 5) is 29.7. The van der Waals surface area contributed by atoms with E-state index in [1.807, 2.05) is 24.3 Å². The summed E-state index contributed by atoms with van der Waals surface area (Å²) in [6.45, 7) is 0. The first-order valence-electron chi connectivity index (χ1n) is 10.7. The molecule has 154 valence electrons. The van der Waals surface area contributed by atoms with E-state index in [1.54, 1.807) is 0 Å². The number of nitrogens with one attached hydrogen (secondary N) is 1. The minimum atomic E-state index is -0.981. The third kappa shape index (κ3) is 3.29. The van der Waals surface area contributed by atoms with Crippen molar-refractivity contribution in [3.63, 3.8) is 0 Å². The normalized spacial score (nSPS) is 25.6. The number of aromatic nitrogens is 1. The fourth-order valence-electron chi connectivity index (χ4n) is 6.08. The number of carbonyl (C=O) groups is 2. The first-order valence-corrected chi connectivity index (χ1v) is 10.7. The Morgan fingerprint density at radius 3 is 2.52 bits per heavy atom. The molecule has 6 heteroatoms. The van der Waals surface area contributed by atoms with Crippen LogP contribution in [0.25, 0.3) is 10.9 Å². The van der Waals surface area contributed by atoms with Gasteiger partial charge in [0.2, 0.25) is 5.91 Å². The van der Waals surface area contributed by atoms with Crippen molar-refractivity contribution < 1.29 is 14.7 Å². The summed E-state index contributed by atoms with van der Waals surface area (Å²) < 4.78 is 0. The molecule has 2 aliphatic rings. The average molecular weight is 396 g/mol. The van der Waals surface area contributed by atoms with E-state index in [0.717, 1.165) is 67.8 Å². The van der Waals surface area contributed by atoms with Gasteiger partial charge in [-0.05, 0) is 43.2 Å². The van der Waals surface area contributed by atoms with Crippen LogP contribution in [-0.4, -0.2) is 22.0 Å². The Balaban J connectivity index is 2.05. The minimum absolute atomic E-state index is 0.174. The maximum atomic E-state index is 13.0. The lowest BCUT2D eigenvalue weighted by Gasteiger charge is -2.51. The Kier molecular flexibility index (Phi) is 5.54. The predicted octanol–water partition coefficient (Wildman–Crippen LogP) is 3.93. The molecule has 29 heavy (non-hydrogen) atoms. The summed E-state index contributed by atoms with van der Waals surface area (Å²) in [6.07, 6.45) is 10.4. The van der Waals surface area contributed by atoms with Crippen LogP contribution >= 0.6 is 0 Å². The van der Waals surface area contributed by atoms with Crippen molar-refractivity contribution in [1.29, 1.82) is 0 Å². The van der Waals surface area contributed by atoms with Gasteiger partial charge in [-0.25, -0.2) is 10.6 Å². The largest absolute Gasteiger partial charge is 0.478 e. The fourth-order valence-corrected chi connectivity index (χ4v) is 6.08. The molecule has 4 N–H and O–H groups in total. The Bertz CT molecular complexity index is 923. The van der Waals surface area contributed by atoms with Crippen molar-refractivity contribution in [3.8, 4) is 0 Å². The molecular formula is C23H29N3O3. The molecule has 0 aliphatic heterocycles. The molecule has 2 aliphatic carbocycles. The summed E-state index contributed by atoms with van der Waals surface area (Å²) in [6, 6.07) is 7.72. The van der Waals surface area contributed by atoms with Crippen LogP contribution in [0.3, 0.4) is 0 Å². The highest BCUT2D eigenvalue weighted by molar-refractivity contribution is 5.98. The van der Waals surface area contributed by atoms with E-state index in [9.17, 15) is 14.7 Å². The number of amides is 1. The summed E-state index contributed by atoms with van der Waals surface area (Å²) in [5.41, 5.74) is 3.67. The summed E-state index contributed by atoms with van der Waals surface area (Å²) >= 11 is 0. The molecule has 0 saturated heterocycles. The van der Waals surface area contributed by atoms with Crippen molar-refractivity contribution in [1.82, 2.24) is 10.4 Å². The number of carboxylic acids is 1. The molecule has 2 saturated carbocycles. The number of pyridine rings is 1. The lowest BCUT2D eigenvalue weighted by Crippen LogP contribution is -2.53. The number of hydrazine groups is 1. The van der Waals surface area contributed by atoms with Gasteiger partial charge in [0, 0.05) is 22.9 Å². The fraction of sp³-hybridized carbons (Fsp3) is 0.522. The van der Waals surface area contributed by atoms with E-state index in [4.69, 9.17) is 5.84 Å². The number of benzene rings is 1. The summed E-state index contributed by atoms with van der Waals surface area (Å²) in [7, 11) is 0. The zero-order valence-electron chi connectivity index (χ0n) is 16.7. The van der Waals surface area contributed by atoms with Crippen molar-refractivity contribution in [2.75, 3.05) is 0 Å². The number of hydrogen-bond acceptors (Lipinski definition) is 4. The number of nitrogens with zero attached hydrogens (tertiary/aromatic N) is 1. The topological polar surface area (TPSA) is 105 Å². The number of nitrogens with two attached hydrogens (primary N) is 1.